The van der Waals surface area contributed by atoms with E-state index in [0.29, 0.717) is 0 Å². The molecule has 3 fully saturated rings. The van der Waals surface area contributed by atoms with E-state index < -0.39 is 0 Å². The van der Waals surface area contributed by atoms with Gasteiger partial charge in [0, 0.05) is 38.3 Å². The lowest BCUT2D eigenvalue weighted by Gasteiger charge is -2.39. The van der Waals surface area contributed by atoms with E-state index in [-0.39, 0.29) is 0 Å². The molecule has 1 aliphatic carbocycles. The van der Waals surface area contributed by atoms with E-state index in [0.717, 1.165) is 12.1 Å². The molecule has 3 heteroatoms. The van der Waals surface area contributed by atoms with Crippen molar-refractivity contribution in [2.75, 3.05) is 39.3 Å². The van der Waals surface area contributed by atoms with E-state index in [9.17, 15) is 0 Å². The van der Waals surface area contributed by atoms with E-state index in [1.54, 1.807) is 0 Å². The second-order valence-electron chi connectivity index (χ2n) is 5.59. The Morgan fingerprint density at radius 3 is 1.88 bits per heavy atom. The summed E-state index contributed by atoms with van der Waals surface area (Å²) < 4.78 is 0. The largest absolute Gasteiger partial charge is 0.314 e. The molecule has 0 radical (unpaired) electrons. The molecule has 1 saturated carbocycles. The molecule has 2 saturated heterocycles. The third-order valence-corrected chi connectivity index (χ3v) is 4.67. The molecular formula is C13H25N3. The van der Waals surface area contributed by atoms with Gasteiger partial charge in [-0.15, -0.1) is 0 Å². The van der Waals surface area contributed by atoms with Crippen molar-refractivity contribution >= 4 is 0 Å². The van der Waals surface area contributed by atoms with Crippen molar-refractivity contribution in [1.82, 2.24) is 15.1 Å². The van der Waals surface area contributed by atoms with Crippen LogP contribution in [0.1, 0.15) is 32.1 Å². The Morgan fingerprint density at radius 1 is 0.688 bits per heavy atom. The lowest BCUT2D eigenvalue weighted by molar-refractivity contribution is 0.101. The zero-order valence-corrected chi connectivity index (χ0v) is 10.3. The fraction of sp³-hybridized carbons (Fsp3) is 1.00. The van der Waals surface area contributed by atoms with E-state index in [1.165, 1.54) is 71.4 Å². The Labute approximate surface area is 99.2 Å². The van der Waals surface area contributed by atoms with Crippen LogP contribution in [0.25, 0.3) is 0 Å². The van der Waals surface area contributed by atoms with Gasteiger partial charge in [-0.3, -0.25) is 9.80 Å². The second kappa shape index (κ2) is 5.03. The molecule has 3 rings (SSSR count). The number of rotatable bonds is 2. The summed E-state index contributed by atoms with van der Waals surface area (Å²) in [4.78, 5) is 5.53. The van der Waals surface area contributed by atoms with E-state index in [4.69, 9.17) is 0 Å². The number of hydrogen-bond donors (Lipinski definition) is 1. The van der Waals surface area contributed by atoms with Gasteiger partial charge in [-0.2, -0.15) is 0 Å². The Bertz CT molecular complexity index is 219. The van der Waals surface area contributed by atoms with Gasteiger partial charge in [0.15, 0.2) is 0 Å². The van der Waals surface area contributed by atoms with Gasteiger partial charge < -0.3 is 5.32 Å². The van der Waals surface area contributed by atoms with Crippen LogP contribution >= 0.6 is 0 Å². The van der Waals surface area contributed by atoms with Gasteiger partial charge in [-0.1, -0.05) is 6.42 Å². The SMILES string of the molecule is C1C[C@@H](N2CCNCC2)[C@@H](N2CCCC2)C1. The van der Waals surface area contributed by atoms with Gasteiger partial charge in [0.1, 0.15) is 0 Å². The Kier molecular flexibility index (Phi) is 3.46. The maximum absolute atomic E-state index is 3.47. The molecule has 3 aliphatic rings. The van der Waals surface area contributed by atoms with Crippen molar-refractivity contribution in [1.29, 1.82) is 0 Å². The van der Waals surface area contributed by atoms with Crippen LogP contribution < -0.4 is 5.32 Å². The smallest absolute Gasteiger partial charge is 0.0252 e. The first-order chi connectivity index (χ1) is 7.95. The maximum atomic E-state index is 3.47. The van der Waals surface area contributed by atoms with Gasteiger partial charge in [0.25, 0.3) is 0 Å². The molecule has 92 valence electrons. The Morgan fingerprint density at radius 2 is 1.25 bits per heavy atom. The molecular weight excluding hydrogens is 198 g/mol. The van der Waals surface area contributed by atoms with Crippen molar-refractivity contribution in [3.8, 4) is 0 Å². The summed E-state index contributed by atoms with van der Waals surface area (Å²) in [6.45, 7) is 7.68. The van der Waals surface area contributed by atoms with Gasteiger partial charge in [-0.25, -0.2) is 0 Å². The van der Waals surface area contributed by atoms with Gasteiger partial charge in [-0.05, 0) is 38.8 Å². The zero-order chi connectivity index (χ0) is 10.8. The number of nitrogens with zero attached hydrogens (tertiary/aromatic N) is 2. The average molecular weight is 223 g/mol. The molecule has 0 bridgehead atoms. The highest BCUT2D eigenvalue weighted by Gasteiger charge is 2.36. The third kappa shape index (κ3) is 2.13. The molecule has 0 aromatic rings. The van der Waals surface area contributed by atoms with Crippen LogP contribution in [0.3, 0.4) is 0 Å². The monoisotopic (exact) mass is 223 g/mol. The van der Waals surface area contributed by atoms with Gasteiger partial charge >= 0.3 is 0 Å². The topological polar surface area (TPSA) is 18.5 Å². The number of piperazine rings is 1. The van der Waals surface area contributed by atoms with Crippen molar-refractivity contribution < 1.29 is 0 Å². The van der Waals surface area contributed by atoms with Crippen LogP contribution in [0.5, 0.6) is 0 Å². The first kappa shape index (κ1) is 11.0. The third-order valence-electron chi connectivity index (χ3n) is 4.67. The summed E-state index contributed by atoms with van der Waals surface area (Å²) in [6, 6.07) is 1.76. The Balaban J connectivity index is 1.63. The quantitative estimate of drug-likeness (QED) is 0.751. The minimum Gasteiger partial charge on any atom is -0.314 e. The molecule has 0 aromatic heterocycles. The lowest BCUT2D eigenvalue weighted by Crippen LogP contribution is -2.54. The number of likely N-dealkylation sites (tertiary alicyclic amines) is 1. The first-order valence-electron chi connectivity index (χ1n) is 7.14. The maximum Gasteiger partial charge on any atom is 0.0252 e. The molecule has 3 nitrogen and oxygen atoms in total. The minimum absolute atomic E-state index is 0.875. The second-order valence-corrected chi connectivity index (χ2v) is 5.59. The molecule has 0 aromatic carbocycles. The molecule has 1 N–H and O–H groups in total. The van der Waals surface area contributed by atoms with Crippen molar-refractivity contribution in [3.63, 3.8) is 0 Å². The predicted molar refractivity (Wildman–Crippen MR) is 66.7 cm³/mol. The fourth-order valence-electron chi connectivity index (χ4n) is 3.86. The van der Waals surface area contributed by atoms with E-state index >= 15 is 0 Å². The number of nitrogens with one attached hydrogen (secondary N) is 1. The normalized spacial score (nSPS) is 38.2. The Hall–Kier alpha value is -0.120. The van der Waals surface area contributed by atoms with Gasteiger partial charge in [0.05, 0.1) is 0 Å². The van der Waals surface area contributed by atoms with Crippen LogP contribution in [0, 0.1) is 0 Å². The predicted octanol–water partition coefficient (Wildman–Crippen LogP) is 0.908. The average Bonchev–Trinajstić information content (AvgIpc) is 3.01. The van der Waals surface area contributed by atoms with Crippen LogP contribution in [0.2, 0.25) is 0 Å². The van der Waals surface area contributed by atoms with Crippen LogP contribution in [-0.4, -0.2) is 61.2 Å². The summed E-state index contributed by atoms with van der Waals surface area (Å²) >= 11 is 0. The van der Waals surface area contributed by atoms with Crippen molar-refractivity contribution in [3.05, 3.63) is 0 Å². The van der Waals surface area contributed by atoms with Crippen LogP contribution in [-0.2, 0) is 0 Å². The number of hydrogen-bond acceptors (Lipinski definition) is 3. The molecule has 0 unspecified atom stereocenters. The summed E-state index contributed by atoms with van der Waals surface area (Å²) in [5.41, 5.74) is 0. The lowest BCUT2D eigenvalue weighted by atomic mass is 10.1. The molecule has 2 aliphatic heterocycles. The van der Waals surface area contributed by atoms with Crippen molar-refractivity contribution in [2.24, 2.45) is 0 Å². The minimum atomic E-state index is 0.875. The van der Waals surface area contributed by atoms with Crippen molar-refractivity contribution in [2.45, 2.75) is 44.2 Å². The van der Waals surface area contributed by atoms with Gasteiger partial charge in [0.2, 0.25) is 0 Å². The summed E-state index contributed by atoms with van der Waals surface area (Å²) in [5.74, 6) is 0. The van der Waals surface area contributed by atoms with Crippen LogP contribution in [0.15, 0.2) is 0 Å². The van der Waals surface area contributed by atoms with E-state index in [2.05, 4.69) is 15.1 Å². The summed E-state index contributed by atoms with van der Waals surface area (Å²) in [7, 11) is 0. The molecule has 2 heterocycles. The highest BCUT2D eigenvalue weighted by molar-refractivity contribution is 4.94. The van der Waals surface area contributed by atoms with E-state index in [1.807, 2.05) is 0 Å². The molecule has 0 spiro atoms. The highest BCUT2D eigenvalue weighted by Crippen LogP contribution is 2.30. The van der Waals surface area contributed by atoms with Crippen LogP contribution in [0.4, 0.5) is 0 Å². The fourth-order valence-corrected chi connectivity index (χ4v) is 3.86. The standard InChI is InChI=1S/C13H25N3/c1-2-9-15(8-1)12-4-3-5-13(12)16-10-6-14-7-11-16/h12-14H,1-11H2/t12-,13+/m0/s1. The summed E-state index contributed by atoms with van der Waals surface area (Å²) in [6.07, 6.45) is 7.22. The molecule has 2 atom stereocenters. The molecule has 16 heavy (non-hydrogen) atoms. The first-order valence-corrected chi connectivity index (χ1v) is 7.14. The zero-order valence-electron chi connectivity index (χ0n) is 10.3. The highest BCUT2D eigenvalue weighted by atomic mass is 15.3. The summed E-state index contributed by atoms with van der Waals surface area (Å²) in [5, 5.41) is 3.47. The molecule has 0 amide bonds.